The average molecular weight is 286 g/mol. The van der Waals surface area contributed by atoms with E-state index in [1.54, 1.807) is 0 Å². The Morgan fingerprint density at radius 1 is 1.31 bits per heavy atom. The Kier molecular flexibility index (Phi) is 2.88. The summed E-state index contributed by atoms with van der Waals surface area (Å²) in [4.78, 5) is 0. The second-order valence-electron chi connectivity index (χ2n) is 4.61. The van der Waals surface area contributed by atoms with E-state index in [9.17, 15) is 0 Å². The lowest BCUT2D eigenvalue weighted by atomic mass is 9.91. The molecule has 0 bridgehead atoms. The molecule has 0 unspecified atom stereocenters. The maximum Gasteiger partial charge on any atom is 0.175 e. The summed E-state index contributed by atoms with van der Waals surface area (Å²) in [5.41, 5.74) is 7.94. The number of ether oxygens (including phenoxy) is 2. The molecular formula is C12H16BrNO2. The highest BCUT2D eigenvalue weighted by atomic mass is 79.9. The first-order valence-electron chi connectivity index (χ1n) is 5.29. The smallest absolute Gasteiger partial charge is 0.175 e. The summed E-state index contributed by atoms with van der Waals surface area (Å²) in [5, 5.41) is 0. The number of halogens is 1. The molecule has 0 saturated heterocycles. The van der Waals surface area contributed by atoms with Crippen LogP contribution in [0.25, 0.3) is 0 Å². The van der Waals surface area contributed by atoms with Gasteiger partial charge >= 0.3 is 0 Å². The van der Waals surface area contributed by atoms with E-state index in [0.29, 0.717) is 13.2 Å². The van der Waals surface area contributed by atoms with Crippen LogP contribution in [0.15, 0.2) is 10.5 Å². The Morgan fingerprint density at radius 3 is 2.56 bits per heavy atom. The van der Waals surface area contributed by atoms with Gasteiger partial charge in [-0.2, -0.15) is 0 Å². The summed E-state index contributed by atoms with van der Waals surface area (Å²) in [6, 6.07) is 1.98. The van der Waals surface area contributed by atoms with Gasteiger partial charge in [-0.25, -0.2) is 0 Å². The highest BCUT2D eigenvalue weighted by Crippen LogP contribution is 2.43. The molecule has 0 amide bonds. The molecule has 0 radical (unpaired) electrons. The van der Waals surface area contributed by atoms with Crippen molar-refractivity contribution >= 4 is 15.9 Å². The van der Waals surface area contributed by atoms with Gasteiger partial charge in [-0.3, -0.25) is 0 Å². The zero-order valence-electron chi connectivity index (χ0n) is 9.76. The number of nitrogens with two attached hydrogens (primary N) is 1. The predicted octanol–water partition coefficient (Wildman–Crippen LogP) is 2.72. The molecule has 0 spiro atoms. The average Bonchev–Trinajstić information content (AvgIpc) is 2.22. The van der Waals surface area contributed by atoms with Crippen molar-refractivity contribution in [3.63, 3.8) is 0 Å². The third kappa shape index (κ3) is 1.92. The Bertz CT molecular complexity index is 424. The fourth-order valence-corrected chi connectivity index (χ4v) is 2.43. The van der Waals surface area contributed by atoms with E-state index in [-0.39, 0.29) is 5.54 Å². The maximum absolute atomic E-state index is 6.14. The second kappa shape index (κ2) is 3.93. The SMILES string of the molecule is Cc1c(C(C)(C)N)cc2c(c1Br)OCCO2. The number of benzene rings is 1. The molecule has 2 N–H and O–H groups in total. The monoisotopic (exact) mass is 285 g/mol. The Hall–Kier alpha value is -0.740. The first-order valence-corrected chi connectivity index (χ1v) is 6.08. The normalized spacial score (nSPS) is 15.1. The van der Waals surface area contributed by atoms with Crippen molar-refractivity contribution in [1.82, 2.24) is 0 Å². The number of rotatable bonds is 1. The van der Waals surface area contributed by atoms with Crippen LogP contribution < -0.4 is 15.2 Å². The summed E-state index contributed by atoms with van der Waals surface area (Å²) in [5.74, 6) is 1.56. The lowest BCUT2D eigenvalue weighted by Crippen LogP contribution is -2.30. The van der Waals surface area contributed by atoms with Gasteiger partial charge in [0, 0.05) is 5.54 Å². The van der Waals surface area contributed by atoms with Crippen molar-refractivity contribution in [2.75, 3.05) is 13.2 Å². The lowest BCUT2D eigenvalue weighted by Gasteiger charge is -2.27. The zero-order valence-corrected chi connectivity index (χ0v) is 11.3. The Labute approximate surface area is 104 Å². The van der Waals surface area contributed by atoms with E-state index in [1.165, 1.54) is 0 Å². The topological polar surface area (TPSA) is 44.5 Å². The summed E-state index contributed by atoms with van der Waals surface area (Å²) >= 11 is 3.55. The first kappa shape index (κ1) is 11.7. The Morgan fingerprint density at radius 2 is 1.94 bits per heavy atom. The van der Waals surface area contributed by atoms with Crippen molar-refractivity contribution in [2.45, 2.75) is 26.3 Å². The predicted molar refractivity (Wildman–Crippen MR) is 67.1 cm³/mol. The molecule has 88 valence electrons. The molecule has 1 aliphatic heterocycles. The molecule has 2 rings (SSSR count). The van der Waals surface area contributed by atoms with Crippen molar-refractivity contribution in [3.8, 4) is 11.5 Å². The van der Waals surface area contributed by atoms with Gasteiger partial charge in [-0.15, -0.1) is 0 Å². The van der Waals surface area contributed by atoms with Crippen LogP contribution in [0.2, 0.25) is 0 Å². The number of hydrogen-bond donors (Lipinski definition) is 1. The van der Waals surface area contributed by atoms with Crippen LogP contribution in [0.5, 0.6) is 11.5 Å². The quantitative estimate of drug-likeness (QED) is 0.863. The highest BCUT2D eigenvalue weighted by molar-refractivity contribution is 9.10. The highest BCUT2D eigenvalue weighted by Gasteiger charge is 2.25. The van der Waals surface area contributed by atoms with Crippen LogP contribution in [0, 0.1) is 6.92 Å². The van der Waals surface area contributed by atoms with Crippen LogP contribution in [0.4, 0.5) is 0 Å². The van der Waals surface area contributed by atoms with Gasteiger partial charge in [0.05, 0.1) is 4.47 Å². The molecule has 16 heavy (non-hydrogen) atoms. The van der Waals surface area contributed by atoms with Gasteiger partial charge in [0.25, 0.3) is 0 Å². The summed E-state index contributed by atoms with van der Waals surface area (Å²) < 4.78 is 12.1. The van der Waals surface area contributed by atoms with Crippen molar-refractivity contribution in [1.29, 1.82) is 0 Å². The molecule has 3 nitrogen and oxygen atoms in total. The van der Waals surface area contributed by atoms with E-state index in [4.69, 9.17) is 15.2 Å². The molecule has 1 aromatic rings. The van der Waals surface area contributed by atoms with Crippen LogP contribution in [0.3, 0.4) is 0 Å². The standard InChI is InChI=1S/C12H16BrNO2/c1-7-8(12(2,3)14)6-9-11(10(7)13)16-5-4-15-9/h6H,4-5,14H2,1-3H3. The van der Waals surface area contributed by atoms with Crippen molar-refractivity contribution in [2.24, 2.45) is 5.73 Å². The number of hydrogen-bond acceptors (Lipinski definition) is 3. The zero-order chi connectivity index (χ0) is 11.9. The molecule has 1 aromatic carbocycles. The van der Waals surface area contributed by atoms with Gasteiger partial charge in [0.15, 0.2) is 11.5 Å². The molecule has 0 saturated carbocycles. The van der Waals surface area contributed by atoms with Gasteiger partial charge in [-0.05, 0) is 53.9 Å². The summed E-state index contributed by atoms with van der Waals surface area (Å²) in [6.45, 7) is 7.19. The fraction of sp³-hybridized carbons (Fsp3) is 0.500. The van der Waals surface area contributed by atoms with Crippen LogP contribution in [-0.4, -0.2) is 13.2 Å². The molecule has 0 fully saturated rings. The van der Waals surface area contributed by atoms with Crippen molar-refractivity contribution < 1.29 is 9.47 Å². The largest absolute Gasteiger partial charge is 0.486 e. The van der Waals surface area contributed by atoms with E-state index in [2.05, 4.69) is 15.9 Å². The van der Waals surface area contributed by atoms with E-state index >= 15 is 0 Å². The third-order valence-electron chi connectivity index (χ3n) is 2.71. The van der Waals surface area contributed by atoms with Gasteiger partial charge in [0.2, 0.25) is 0 Å². The minimum absolute atomic E-state index is 0.386. The van der Waals surface area contributed by atoms with Gasteiger partial charge in [0.1, 0.15) is 13.2 Å². The Balaban J connectivity index is 2.62. The molecule has 0 aliphatic carbocycles. The molecule has 4 heteroatoms. The molecule has 1 heterocycles. The minimum Gasteiger partial charge on any atom is -0.486 e. The minimum atomic E-state index is -0.386. The maximum atomic E-state index is 6.14. The fourth-order valence-electron chi connectivity index (χ4n) is 1.91. The summed E-state index contributed by atoms with van der Waals surface area (Å²) in [6.07, 6.45) is 0. The molecule has 0 aromatic heterocycles. The molecule has 1 aliphatic rings. The summed E-state index contributed by atoms with van der Waals surface area (Å²) in [7, 11) is 0. The van der Waals surface area contributed by atoms with E-state index < -0.39 is 0 Å². The van der Waals surface area contributed by atoms with Crippen LogP contribution in [0.1, 0.15) is 25.0 Å². The van der Waals surface area contributed by atoms with E-state index in [1.807, 2.05) is 26.8 Å². The molecule has 0 atom stereocenters. The van der Waals surface area contributed by atoms with Crippen LogP contribution in [-0.2, 0) is 5.54 Å². The third-order valence-corrected chi connectivity index (χ3v) is 3.67. The van der Waals surface area contributed by atoms with E-state index in [0.717, 1.165) is 27.1 Å². The lowest BCUT2D eigenvalue weighted by molar-refractivity contribution is 0.169. The second-order valence-corrected chi connectivity index (χ2v) is 5.40. The molecular weight excluding hydrogens is 270 g/mol. The number of fused-ring (bicyclic) bond motifs is 1. The van der Waals surface area contributed by atoms with Crippen molar-refractivity contribution in [3.05, 3.63) is 21.7 Å². The van der Waals surface area contributed by atoms with Gasteiger partial charge in [-0.1, -0.05) is 0 Å². The van der Waals surface area contributed by atoms with Gasteiger partial charge < -0.3 is 15.2 Å². The first-order chi connectivity index (χ1) is 7.41. The van der Waals surface area contributed by atoms with Crippen LogP contribution >= 0.6 is 15.9 Å².